The number of nitrogens with one attached hydrogen (secondary N) is 2. The summed E-state index contributed by atoms with van der Waals surface area (Å²) >= 11 is 0. The molecule has 0 radical (unpaired) electrons. The molecular weight excluding hydrogens is 351 g/mol. The molecular formula is C14H27IN4. The quantitative estimate of drug-likeness (QED) is 0.331. The van der Waals surface area contributed by atoms with Gasteiger partial charge in [0.15, 0.2) is 5.96 Å². The van der Waals surface area contributed by atoms with Gasteiger partial charge >= 0.3 is 0 Å². The summed E-state index contributed by atoms with van der Waals surface area (Å²) in [5, 5.41) is 6.29. The van der Waals surface area contributed by atoms with Crippen LogP contribution in [0, 0.1) is 12.3 Å². The van der Waals surface area contributed by atoms with Crippen LogP contribution in [0.5, 0.6) is 0 Å². The SMILES string of the molecule is C#CCNC(=NCCN1CCCCC1C)NCC.I. The van der Waals surface area contributed by atoms with Crippen LogP contribution >= 0.6 is 24.0 Å². The zero-order valence-corrected chi connectivity index (χ0v) is 14.4. The van der Waals surface area contributed by atoms with Crippen LogP contribution in [-0.2, 0) is 0 Å². The molecule has 1 rings (SSSR count). The van der Waals surface area contributed by atoms with E-state index in [2.05, 4.69) is 40.3 Å². The Kier molecular flexibility index (Phi) is 11.1. The van der Waals surface area contributed by atoms with E-state index in [9.17, 15) is 0 Å². The number of piperidine rings is 1. The number of hydrogen-bond acceptors (Lipinski definition) is 2. The van der Waals surface area contributed by atoms with Crippen molar-refractivity contribution in [2.75, 3.05) is 32.7 Å². The first-order chi connectivity index (χ1) is 8.77. The smallest absolute Gasteiger partial charge is 0.192 e. The Hall–Kier alpha value is -0.480. The van der Waals surface area contributed by atoms with Crippen molar-refractivity contribution >= 4 is 29.9 Å². The molecule has 1 heterocycles. The first-order valence-corrected chi connectivity index (χ1v) is 6.97. The number of rotatable bonds is 5. The van der Waals surface area contributed by atoms with Crippen molar-refractivity contribution in [3.8, 4) is 12.3 Å². The van der Waals surface area contributed by atoms with Crippen LogP contribution in [-0.4, -0.2) is 49.6 Å². The molecule has 0 aromatic heterocycles. The minimum absolute atomic E-state index is 0. The lowest BCUT2D eigenvalue weighted by molar-refractivity contribution is 0.166. The maximum atomic E-state index is 5.23. The Labute approximate surface area is 134 Å². The average molecular weight is 378 g/mol. The molecule has 19 heavy (non-hydrogen) atoms. The maximum Gasteiger partial charge on any atom is 0.192 e. The van der Waals surface area contributed by atoms with Crippen molar-refractivity contribution in [1.29, 1.82) is 0 Å². The van der Waals surface area contributed by atoms with E-state index in [1.807, 2.05) is 0 Å². The van der Waals surface area contributed by atoms with Gasteiger partial charge in [-0.2, -0.15) is 0 Å². The molecule has 1 atom stereocenters. The molecule has 5 heteroatoms. The Balaban J connectivity index is 0.00000324. The summed E-state index contributed by atoms with van der Waals surface area (Å²) in [4.78, 5) is 7.06. The lowest BCUT2D eigenvalue weighted by Crippen LogP contribution is -2.40. The minimum Gasteiger partial charge on any atom is -0.357 e. The number of terminal acetylenes is 1. The van der Waals surface area contributed by atoms with Crippen molar-refractivity contribution in [2.45, 2.75) is 39.2 Å². The number of likely N-dealkylation sites (tertiary alicyclic amines) is 1. The second kappa shape index (κ2) is 11.4. The molecule has 0 saturated carbocycles. The molecule has 4 nitrogen and oxygen atoms in total. The van der Waals surface area contributed by atoms with E-state index in [0.717, 1.165) is 25.6 Å². The Bertz CT molecular complexity index is 298. The van der Waals surface area contributed by atoms with Crippen LogP contribution in [0.25, 0.3) is 0 Å². The van der Waals surface area contributed by atoms with Gasteiger partial charge in [-0.3, -0.25) is 9.89 Å². The zero-order valence-electron chi connectivity index (χ0n) is 12.1. The minimum atomic E-state index is 0. The summed E-state index contributed by atoms with van der Waals surface area (Å²) in [6, 6.07) is 0.704. The Morgan fingerprint density at radius 3 is 2.84 bits per heavy atom. The van der Waals surface area contributed by atoms with Crippen LogP contribution in [0.2, 0.25) is 0 Å². The number of guanidine groups is 1. The molecule has 1 unspecified atom stereocenters. The largest absolute Gasteiger partial charge is 0.357 e. The number of nitrogens with zero attached hydrogens (tertiary/aromatic N) is 2. The highest BCUT2D eigenvalue weighted by molar-refractivity contribution is 14.0. The third-order valence-electron chi connectivity index (χ3n) is 3.30. The molecule has 1 aliphatic heterocycles. The van der Waals surface area contributed by atoms with Crippen molar-refractivity contribution in [3.63, 3.8) is 0 Å². The third-order valence-corrected chi connectivity index (χ3v) is 3.30. The van der Waals surface area contributed by atoms with Crippen LogP contribution < -0.4 is 10.6 Å². The summed E-state index contributed by atoms with van der Waals surface area (Å²) in [7, 11) is 0. The Morgan fingerprint density at radius 2 is 2.21 bits per heavy atom. The third kappa shape index (κ3) is 7.63. The standard InChI is InChI=1S/C14H26N4.HI/c1-4-9-16-14(15-5-2)17-10-12-18-11-7-6-8-13(18)3;/h1,13H,5-12H2,2-3H3,(H2,15,16,17);1H. The number of hydrogen-bond donors (Lipinski definition) is 2. The fraction of sp³-hybridized carbons (Fsp3) is 0.786. The molecule has 0 aromatic carbocycles. The molecule has 1 fully saturated rings. The predicted octanol–water partition coefficient (Wildman–Crippen LogP) is 1.67. The van der Waals surface area contributed by atoms with Crippen LogP contribution in [0.3, 0.4) is 0 Å². The molecule has 0 bridgehead atoms. The van der Waals surface area contributed by atoms with Crippen LogP contribution in [0.15, 0.2) is 4.99 Å². The van der Waals surface area contributed by atoms with E-state index >= 15 is 0 Å². The van der Waals surface area contributed by atoms with Crippen molar-refractivity contribution in [3.05, 3.63) is 0 Å². The van der Waals surface area contributed by atoms with E-state index in [0.29, 0.717) is 12.6 Å². The van der Waals surface area contributed by atoms with Gasteiger partial charge in [0.1, 0.15) is 0 Å². The van der Waals surface area contributed by atoms with Gasteiger partial charge in [0.05, 0.1) is 13.1 Å². The zero-order chi connectivity index (χ0) is 13.2. The van der Waals surface area contributed by atoms with Gasteiger partial charge in [-0.1, -0.05) is 12.3 Å². The maximum absolute atomic E-state index is 5.23. The highest BCUT2D eigenvalue weighted by Crippen LogP contribution is 2.15. The average Bonchev–Trinajstić information content (AvgIpc) is 2.38. The lowest BCUT2D eigenvalue weighted by Gasteiger charge is -2.32. The van der Waals surface area contributed by atoms with Gasteiger partial charge in [-0.05, 0) is 33.2 Å². The van der Waals surface area contributed by atoms with Gasteiger partial charge in [0.25, 0.3) is 0 Å². The van der Waals surface area contributed by atoms with Crippen molar-refractivity contribution in [2.24, 2.45) is 4.99 Å². The van der Waals surface area contributed by atoms with Crippen LogP contribution in [0.4, 0.5) is 0 Å². The topological polar surface area (TPSA) is 39.7 Å². The van der Waals surface area contributed by atoms with E-state index in [1.165, 1.54) is 25.8 Å². The molecule has 2 N–H and O–H groups in total. The highest BCUT2D eigenvalue weighted by Gasteiger charge is 2.16. The summed E-state index contributed by atoms with van der Waals surface area (Å²) in [6.07, 6.45) is 9.24. The van der Waals surface area contributed by atoms with Crippen molar-refractivity contribution < 1.29 is 0 Å². The van der Waals surface area contributed by atoms with E-state index in [1.54, 1.807) is 0 Å². The van der Waals surface area contributed by atoms with Gasteiger partial charge in [-0.25, -0.2) is 0 Å². The van der Waals surface area contributed by atoms with Crippen LogP contribution in [0.1, 0.15) is 33.1 Å². The molecule has 0 aromatic rings. The molecule has 1 aliphatic rings. The fourth-order valence-corrected chi connectivity index (χ4v) is 2.26. The summed E-state index contributed by atoms with van der Waals surface area (Å²) in [6.45, 7) is 8.82. The van der Waals surface area contributed by atoms with Gasteiger partial charge in [0.2, 0.25) is 0 Å². The van der Waals surface area contributed by atoms with E-state index in [4.69, 9.17) is 6.42 Å². The lowest BCUT2D eigenvalue weighted by atomic mass is 10.0. The fourth-order valence-electron chi connectivity index (χ4n) is 2.26. The normalized spacial score (nSPS) is 20.3. The molecule has 0 amide bonds. The monoisotopic (exact) mass is 378 g/mol. The van der Waals surface area contributed by atoms with E-state index < -0.39 is 0 Å². The first-order valence-electron chi connectivity index (χ1n) is 6.97. The van der Waals surface area contributed by atoms with Gasteiger partial charge < -0.3 is 10.6 Å². The Morgan fingerprint density at radius 1 is 1.42 bits per heavy atom. The molecule has 110 valence electrons. The number of aliphatic imine (C=N–C) groups is 1. The first kappa shape index (κ1) is 18.5. The second-order valence-corrected chi connectivity index (χ2v) is 4.70. The summed E-state index contributed by atoms with van der Waals surface area (Å²) in [5.74, 6) is 3.38. The van der Waals surface area contributed by atoms with Crippen molar-refractivity contribution in [1.82, 2.24) is 15.5 Å². The second-order valence-electron chi connectivity index (χ2n) is 4.70. The highest BCUT2D eigenvalue weighted by atomic mass is 127. The number of halogens is 1. The van der Waals surface area contributed by atoms with Gasteiger partial charge in [-0.15, -0.1) is 30.4 Å². The summed E-state index contributed by atoms with van der Waals surface area (Å²) in [5.41, 5.74) is 0. The molecule has 1 saturated heterocycles. The predicted molar refractivity (Wildman–Crippen MR) is 93.1 cm³/mol. The molecule has 0 aliphatic carbocycles. The molecule has 0 spiro atoms. The summed E-state index contributed by atoms with van der Waals surface area (Å²) < 4.78 is 0. The van der Waals surface area contributed by atoms with Gasteiger partial charge in [0, 0.05) is 19.1 Å². The van der Waals surface area contributed by atoms with E-state index in [-0.39, 0.29) is 24.0 Å².